The summed E-state index contributed by atoms with van der Waals surface area (Å²) < 4.78 is 0. The van der Waals surface area contributed by atoms with E-state index in [-0.39, 0.29) is 35.3 Å². The molecule has 0 unspecified atom stereocenters. The molecule has 0 radical (unpaired) electrons. The van der Waals surface area contributed by atoms with E-state index in [1.165, 1.54) is 22.3 Å². The second-order valence-electron chi connectivity index (χ2n) is 8.90. The standard InChI is InChI=1S/C26H36N4O.HI/c1-5-20-12-14-23(15-13-20)26(2,3)19-29-25(27-4)28-17-21-9-6-7-10-22(21)18-30-16-8-11-24(30)31;/h6-7,9-10,12-15H,5,8,11,16-19H2,1-4H3,(H2,27,28,29);1H. The van der Waals surface area contributed by atoms with E-state index in [0.717, 1.165) is 31.9 Å². The van der Waals surface area contributed by atoms with Gasteiger partial charge in [0, 0.05) is 45.1 Å². The molecule has 5 nitrogen and oxygen atoms in total. The van der Waals surface area contributed by atoms with Gasteiger partial charge in [-0.2, -0.15) is 0 Å². The van der Waals surface area contributed by atoms with Crippen molar-refractivity contribution in [2.45, 2.75) is 58.5 Å². The smallest absolute Gasteiger partial charge is 0.222 e. The quantitative estimate of drug-likeness (QED) is 0.287. The van der Waals surface area contributed by atoms with Gasteiger partial charge in [0.25, 0.3) is 0 Å². The summed E-state index contributed by atoms with van der Waals surface area (Å²) in [7, 11) is 1.80. The summed E-state index contributed by atoms with van der Waals surface area (Å²) in [6.07, 6.45) is 2.70. The fraction of sp³-hybridized carbons (Fsp3) is 0.462. The number of hydrogen-bond acceptors (Lipinski definition) is 2. The minimum absolute atomic E-state index is 0. The fourth-order valence-electron chi connectivity index (χ4n) is 3.96. The number of amides is 1. The van der Waals surface area contributed by atoms with Crippen molar-refractivity contribution in [3.05, 3.63) is 70.8 Å². The Balaban J connectivity index is 0.00000363. The first kappa shape index (κ1) is 26.2. The normalized spacial score (nSPS) is 14.3. The number of aliphatic imine (C=N–C) groups is 1. The maximum absolute atomic E-state index is 12.0. The van der Waals surface area contributed by atoms with Gasteiger partial charge in [0.2, 0.25) is 5.91 Å². The molecule has 0 aliphatic carbocycles. The van der Waals surface area contributed by atoms with Crippen LogP contribution >= 0.6 is 24.0 Å². The number of rotatable bonds is 8. The van der Waals surface area contributed by atoms with Gasteiger partial charge < -0.3 is 15.5 Å². The van der Waals surface area contributed by atoms with Crippen LogP contribution in [0.5, 0.6) is 0 Å². The Labute approximate surface area is 210 Å². The largest absolute Gasteiger partial charge is 0.356 e. The highest BCUT2D eigenvalue weighted by molar-refractivity contribution is 14.0. The van der Waals surface area contributed by atoms with Gasteiger partial charge in [-0.1, -0.05) is 69.3 Å². The van der Waals surface area contributed by atoms with E-state index in [0.29, 0.717) is 19.5 Å². The van der Waals surface area contributed by atoms with Crippen LogP contribution in [0.3, 0.4) is 0 Å². The molecule has 0 bridgehead atoms. The van der Waals surface area contributed by atoms with Crippen LogP contribution in [0.25, 0.3) is 0 Å². The van der Waals surface area contributed by atoms with Crippen molar-refractivity contribution in [2.75, 3.05) is 20.1 Å². The molecule has 0 spiro atoms. The lowest BCUT2D eigenvalue weighted by Gasteiger charge is -2.27. The van der Waals surface area contributed by atoms with E-state index in [1.807, 2.05) is 17.0 Å². The first-order valence-corrected chi connectivity index (χ1v) is 11.3. The molecule has 1 amide bonds. The molecule has 2 N–H and O–H groups in total. The van der Waals surface area contributed by atoms with E-state index in [9.17, 15) is 4.79 Å². The molecule has 1 fully saturated rings. The van der Waals surface area contributed by atoms with Crippen molar-refractivity contribution in [1.82, 2.24) is 15.5 Å². The van der Waals surface area contributed by atoms with Crippen LogP contribution in [0.1, 0.15) is 55.9 Å². The molecule has 0 aromatic heterocycles. The zero-order valence-electron chi connectivity index (χ0n) is 19.8. The van der Waals surface area contributed by atoms with Crippen molar-refractivity contribution < 1.29 is 4.79 Å². The van der Waals surface area contributed by atoms with Crippen LogP contribution in [-0.2, 0) is 29.7 Å². The third kappa shape index (κ3) is 6.95. The molecule has 3 rings (SSSR count). The lowest BCUT2D eigenvalue weighted by atomic mass is 9.84. The van der Waals surface area contributed by atoms with Crippen LogP contribution in [0.2, 0.25) is 0 Å². The SMILES string of the molecule is CCc1ccc(C(C)(C)CNC(=NC)NCc2ccccc2CN2CCCC2=O)cc1.I. The number of carbonyl (C=O) groups is 1. The van der Waals surface area contributed by atoms with Gasteiger partial charge in [-0.15, -0.1) is 24.0 Å². The Morgan fingerprint density at radius 3 is 2.34 bits per heavy atom. The van der Waals surface area contributed by atoms with Crippen molar-refractivity contribution in [3.63, 3.8) is 0 Å². The third-order valence-electron chi connectivity index (χ3n) is 6.16. The van der Waals surface area contributed by atoms with Gasteiger partial charge in [-0.25, -0.2) is 0 Å². The summed E-state index contributed by atoms with van der Waals surface area (Å²) in [6, 6.07) is 17.2. The molecule has 1 saturated heterocycles. The molecule has 2 aromatic rings. The summed E-state index contributed by atoms with van der Waals surface area (Å²) in [6.45, 7) is 9.67. The maximum Gasteiger partial charge on any atom is 0.222 e. The highest BCUT2D eigenvalue weighted by Gasteiger charge is 2.22. The van der Waals surface area contributed by atoms with Crippen LogP contribution < -0.4 is 10.6 Å². The molecular formula is C26H37IN4O. The number of nitrogens with one attached hydrogen (secondary N) is 2. The maximum atomic E-state index is 12.0. The molecular weight excluding hydrogens is 511 g/mol. The molecule has 0 saturated carbocycles. The van der Waals surface area contributed by atoms with Crippen LogP contribution in [0.4, 0.5) is 0 Å². The molecule has 32 heavy (non-hydrogen) atoms. The van der Waals surface area contributed by atoms with Gasteiger partial charge in [-0.05, 0) is 35.1 Å². The number of likely N-dealkylation sites (tertiary alicyclic amines) is 1. The zero-order valence-corrected chi connectivity index (χ0v) is 22.1. The Morgan fingerprint density at radius 2 is 1.75 bits per heavy atom. The molecule has 174 valence electrons. The van der Waals surface area contributed by atoms with Crippen LogP contribution in [-0.4, -0.2) is 36.9 Å². The number of nitrogens with zero attached hydrogens (tertiary/aromatic N) is 2. The molecule has 2 aromatic carbocycles. The first-order chi connectivity index (χ1) is 14.9. The molecule has 1 aliphatic rings. The predicted molar refractivity (Wildman–Crippen MR) is 144 cm³/mol. The topological polar surface area (TPSA) is 56.7 Å². The lowest BCUT2D eigenvalue weighted by molar-refractivity contribution is -0.128. The predicted octanol–water partition coefficient (Wildman–Crippen LogP) is 4.63. The summed E-state index contributed by atoms with van der Waals surface area (Å²) in [4.78, 5) is 18.4. The number of hydrogen-bond donors (Lipinski definition) is 2. The van der Waals surface area contributed by atoms with Crippen molar-refractivity contribution >= 4 is 35.8 Å². The summed E-state index contributed by atoms with van der Waals surface area (Å²) in [5.74, 6) is 1.04. The van der Waals surface area contributed by atoms with Gasteiger partial charge in [0.05, 0.1) is 0 Å². The van der Waals surface area contributed by atoms with Crippen LogP contribution in [0.15, 0.2) is 53.5 Å². The second-order valence-corrected chi connectivity index (χ2v) is 8.90. The molecule has 1 heterocycles. The monoisotopic (exact) mass is 548 g/mol. The molecule has 1 aliphatic heterocycles. The van der Waals surface area contributed by atoms with Gasteiger partial charge in [0.1, 0.15) is 0 Å². The summed E-state index contributed by atoms with van der Waals surface area (Å²) >= 11 is 0. The van der Waals surface area contributed by atoms with Crippen molar-refractivity contribution in [2.24, 2.45) is 4.99 Å². The summed E-state index contributed by atoms with van der Waals surface area (Å²) in [5, 5.41) is 6.92. The Bertz CT molecular complexity index is 908. The van der Waals surface area contributed by atoms with E-state index in [2.05, 4.69) is 72.8 Å². The average molecular weight is 549 g/mol. The fourth-order valence-corrected chi connectivity index (χ4v) is 3.96. The summed E-state index contributed by atoms with van der Waals surface area (Å²) in [5.41, 5.74) is 5.04. The zero-order chi connectivity index (χ0) is 22.3. The van der Waals surface area contributed by atoms with E-state index in [1.54, 1.807) is 7.05 Å². The minimum Gasteiger partial charge on any atom is -0.356 e. The average Bonchev–Trinajstić information content (AvgIpc) is 3.19. The number of aryl methyl sites for hydroxylation is 1. The highest BCUT2D eigenvalue weighted by Crippen LogP contribution is 2.23. The lowest BCUT2D eigenvalue weighted by Crippen LogP contribution is -2.43. The highest BCUT2D eigenvalue weighted by atomic mass is 127. The first-order valence-electron chi connectivity index (χ1n) is 11.3. The number of benzene rings is 2. The molecule has 0 atom stereocenters. The Morgan fingerprint density at radius 1 is 1.06 bits per heavy atom. The van der Waals surface area contributed by atoms with Gasteiger partial charge in [0.15, 0.2) is 5.96 Å². The van der Waals surface area contributed by atoms with Gasteiger partial charge in [-0.3, -0.25) is 9.79 Å². The van der Waals surface area contributed by atoms with Crippen molar-refractivity contribution in [3.8, 4) is 0 Å². The van der Waals surface area contributed by atoms with E-state index in [4.69, 9.17) is 0 Å². The van der Waals surface area contributed by atoms with E-state index < -0.39 is 0 Å². The van der Waals surface area contributed by atoms with Crippen LogP contribution in [0, 0.1) is 0 Å². The number of carbonyl (C=O) groups excluding carboxylic acids is 1. The number of halogens is 1. The Kier molecular flexibility index (Phi) is 10.0. The minimum atomic E-state index is -0.0160. The van der Waals surface area contributed by atoms with Crippen molar-refractivity contribution in [1.29, 1.82) is 0 Å². The third-order valence-corrected chi connectivity index (χ3v) is 6.16. The number of guanidine groups is 1. The molecule has 6 heteroatoms. The van der Waals surface area contributed by atoms with Gasteiger partial charge >= 0.3 is 0 Å². The van der Waals surface area contributed by atoms with E-state index >= 15 is 0 Å². The second kappa shape index (κ2) is 12.2. The Hall–Kier alpha value is -2.09.